The zero-order chi connectivity index (χ0) is 19.0. The van der Waals surface area contributed by atoms with Crippen molar-refractivity contribution in [1.82, 2.24) is 0 Å². The summed E-state index contributed by atoms with van der Waals surface area (Å²) >= 11 is 0. The highest BCUT2D eigenvalue weighted by molar-refractivity contribution is 6.26. The van der Waals surface area contributed by atoms with Gasteiger partial charge < -0.3 is 10.6 Å². The summed E-state index contributed by atoms with van der Waals surface area (Å²) in [7, 11) is 0. The first-order valence-electron chi connectivity index (χ1n) is 8.51. The maximum absolute atomic E-state index is 12.8. The third-order valence-electron chi connectivity index (χ3n) is 4.46. The van der Waals surface area contributed by atoms with Crippen LogP contribution in [0.4, 0.5) is 11.4 Å². The predicted molar refractivity (Wildman–Crippen MR) is 104 cm³/mol. The molecule has 0 heterocycles. The molecule has 0 radical (unpaired) electrons. The maximum Gasteiger partial charge on any atom is 0.256 e. The van der Waals surface area contributed by atoms with Crippen molar-refractivity contribution in [2.75, 3.05) is 10.6 Å². The molecular weight excluding hydrogens is 340 g/mol. The van der Waals surface area contributed by atoms with E-state index in [2.05, 4.69) is 10.6 Å². The van der Waals surface area contributed by atoms with Crippen LogP contribution in [0, 0.1) is 0 Å². The number of nitrogens with one attached hydrogen (secondary N) is 2. The Bertz CT molecular complexity index is 1080. The summed E-state index contributed by atoms with van der Waals surface area (Å²) in [5, 5.41) is 5.48. The van der Waals surface area contributed by atoms with Crippen LogP contribution in [0.25, 0.3) is 11.1 Å². The van der Waals surface area contributed by atoms with E-state index in [1.54, 1.807) is 42.5 Å². The Hall–Kier alpha value is -3.73. The van der Waals surface area contributed by atoms with Gasteiger partial charge in [-0.3, -0.25) is 14.4 Å². The highest BCUT2D eigenvalue weighted by Crippen LogP contribution is 2.38. The Morgan fingerprint density at radius 2 is 1.30 bits per heavy atom. The Morgan fingerprint density at radius 1 is 0.704 bits per heavy atom. The first kappa shape index (κ1) is 16.7. The van der Waals surface area contributed by atoms with Gasteiger partial charge in [-0.2, -0.15) is 0 Å². The fraction of sp³-hybridized carbons (Fsp3) is 0.0455. The zero-order valence-corrected chi connectivity index (χ0v) is 14.6. The molecular formula is C22H16N2O3. The van der Waals surface area contributed by atoms with E-state index < -0.39 is 0 Å². The van der Waals surface area contributed by atoms with E-state index >= 15 is 0 Å². The number of fused-ring (bicyclic) bond motifs is 3. The number of rotatable bonds is 3. The highest BCUT2D eigenvalue weighted by atomic mass is 16.2. The van der Waals surface area contributed by atoms with Gasteiger partial charge in [0.25, 0.3) is 5.91 Å². The number of carbonyl (C=O) groups excluding carboxylic acids is 3. The van der Waals surface area contributed by atoms with Crippen molar-refractivity contribution in [2.24, 2.45) is 0 Å². The first-order chi connectivity index (χ1) is 13.0. The third-order valence-corrected chi connectivity index (χ3v) is 4.46. The normalized spacial score (nSPS) is 11.5. The Kier molecular flexibility index (Phi) is 4.05. The number of hydrogen-bond acceptors (Lipinski definition) is 3. The van der Waals surface area contributed by atoms with Gasteiger partial charge in [0.05, 0.1) is 5.56 Å². The highest BCUT2D eigenvalue weighted by Gasteiger charge is 2.30. The van der Waals surface area contributed by atoms with Crippen LogP contribution in [-0.2, 0) is 4.79 Å². The fourth-order valence-corrected chi connectivity index (χ4v) is 3.30. The van der Waals surface area contributed by atoms with Crippen molar-refractivity contribution >= 4 is 29.0 Å². The summed E-state index contributed by atoms with van der Waals surface area (Å²) in [6.45, 7) is 1.43. The van der Waals surface area contributed by atoms with Crippen molar-refractivity contribution in [3.05, 3.63) is 83.4 Å². The van der Waals surface area contributed by atoms with Crippen LogP contribution >= 0.6 is 0 Å². The van der Waals surface area contributed by atoms with Gasteiger partial charge in [-0.05, 0) is 41.5 Å². The Balaban J connectivity index is 1.63. The third kappa shape index (κ3) is 3.00. The van der Waals surface area contributed by atoms with Gasteiger partial charge in [0.2, 0.25) is 5.91 Å². The van der Waals surface area contributed by atoms with Crippen molar-refractivity contribution in [1.29, 1.82) is 0 Å². The van der Waals surface area contributed by atoms with E-state index in [9.17, 15) is 14.4 Å². The van der Waals surface area contributed by atoms with E-state index in [0.717, 1.165) is 11.1 Å². The summed E-state index contributed by atoms with van der Waals surface area (Å²) in [5.41, 5.74) is 4.26. The molecule has 1 aliphatic carbocycles. The maximum atomic E-state index is 12.8. The van der Waals surface area contributed by atoms with Gasteiger partial charge in [0.15, 0.2) is 5.78 Å². The van der Waals surface area contributed by atoms with E-state index in [0.29, 0.717) is 28.1 Å². The number of carbonyl (C=O) groups is 3. The molecule has 0 unspecified atom stereocenters. The van der Waals surface area contributed by atoms with E-state index in [-0.39, 0.29) is 17.6 Å². The van der Waals surface area contributed by atoms with Gasteiger partial charge in [-0.1, -0.05) is 36.4 Å². The zero-order valence-electron chi connectivity index (χ0n) is 14.6. The molecule has 27 heavy (non-hydrogen) atoms. The van der Waals surface area contributed by atoms with Gasteiger partial charge in [0, 0.05) is 29.4 Å². The fourth-order valence-electron chi connectivity index (χ4n) is 3.30. The topological polar surface area (TPSA) is 75.3 Å². The second-order valence-electron chi connectivity index (χ2n) is 6.32. The van der Waals surface area contributed by atoms with Crippen LogP contribution in [0.1, 0.15) is 33.2 Å². The van der Waals surface area contributed by atoms with E-state index in [4.69, 9.17) is 0 Å². The predicted octanol–water partition coefficient (Wildman–Crippen LogP) is 4.11. The van der Waals surface area contributed by atoms with Gasteiger partial charge in [0.1, 0.15) is 0 Å². The lowest BCUT2D eigenvalue weighted by atomic mass is 10.0. The average Bonchev–Trinajstić information content (AvgIpc) is 2.96. The molecule has 0 saturated heterocycles. The number of hydrogen-bond donors (Lipinski definition) is 2. The van der Waals surface area contributed by atoms with Crippen LogP contribution < -0.4 is 10.6 Å². The van der Waals surface area contributed by atoms with Gasteiger partial charge >= 0.3 is 0 Å². The molecule has 2 amide bonds. The smallest absolute Gasteiger partial charge is 0.256 e. The standard InChI is InChI=1S/C22H16N2O3/c1-13(25)23-14-9-11-15(12-10-14)24-22(27)19-8-4-7-17-16-5-2-3-6-18(16)21(26)20(17)19/h2-12H,1H3,(H,23,25)(H,24,27). The lowest BCUT2D eigenvalue weighted by molar-refractivity contribution is -0.114. The Morgan fingerprint density at radius 3 is 1.96 bits per heavy atom. The summed E-state index contributed by atoms with van der Waals surface area (Å²) in [5.74, 6) is -0.641. The SMILES string of the molecule is CC(=O)Nc1ccc(NC(=O)c2cccc3c2C(=O)c2ccccc2-3)cc1. The first-order valence-corrected chi connectivity index (χ1v) is 8.51. The van der Waals surface area contributed by atoms with Crippen LogP contribution in [0.2, 0.25) is 0 Å². The van der Waals surface area contributed by atoms with Crippen molar-refractivity contribution < 1.29 is 14.4 Å². The molecule has 0 aliphatic heterocycles. The lowest BCUT2D eigenvalue weighted by Gasteiger charge is -2.10. The summed E-state index contributed by atoms with van der Waals surface area (Å²) in [4.78, 5) is 36.7. The monoisotopic (exact) mass is 356 g/mol. The van der Waals surface area contributed by atoms with Crippen LogP contribution in [0.5, 0.6) is 0 Å². The van der Waals surface area contributed by atoms with Gasteiger partial charge in [-0.25, -0.2) is 0 Å². The molecule has 0 aromatic heterocycles. The molecule has 3 aromatic carbocycles. The molecule has 5 heteroatoms. The van der Waals surface area contributed by atoms with Crippen molar-refractivity contribution in [3.63, 3.8) is 0 Å². The van der Waals surface area contributed by atoms with Crippen molar-refractivity contribution in [2.45, 2.75) is 6.92 Å². The summed E-state index contributed by atoms with van der Waals surface area (Å²) in [6.07, 6.45) is 0. The molecule has 0 spiro atoms. The minimum Gasteiger partial charge on any atom is -0.326 e. The number of amides is 2. The minimum atomic E-state index is -0.347. The summed E-state index contributed by atoms with van der Waals surface area (Å²) < 4.78 is 0. The molecule has 4 rings (SSSR count). The molecule has 0 fully saturated rings. The van der Waals surface area contributed by atoms with Crippen molar-refractivity contribution in [3.8, 4) is 11.1 Å². The average molecular weight is 356 g/mol. The molecule has 0 atom stereocenters. The number of anilines is 2. The molecule has 1 aliphatic rings. The van der Waals surface area contributed by atoms with Crippen LogP contribution in [-0.4, -0.2) is 17.6 Å². The quantitative estimate of drug-likeness (QED) is 0.580. The van der Waals surface area contributed by atoms with E-state index in [1.807, 2.05) is 24.3 Å². The second kappa shape index (κ2) is 6.53. The van der Waals surface area contributed by atoms with E-state index in [1.165, 1.54) is 6.92 Å². The molecule has 0 bridgehead atoms. The Labute approximate surface area is 156 Å². The molecule has 5 nitrogen and oxygen atoms in total. The molecule has 2 N–H and O–H groups in total. The molecule has 132 valence electrons. The second-order valence-corrected chi connectivity index (χ2v) is 6.32. The lowest BCUT2D eigenvalue weighted by Crippen LogP contribution is -2.16. The minimum absolute atomic E-state index is 0.132. The summed E-state index contributed by atoms with van der Waals surface area (Å²) in [6, 6.07) is 19.5. The number of benzene rings is 3. The molecule has 3 aromatic rings. The molecule has 0 saturated carbocycles. The largest absolute Gasteiger partial charge is 0.326 e. The van der Waals surface area contributed by atoms with Crippen LogP contribution in [0.3, 0.4) is 0 Å². The van der Waals surface area contributed by atoms with Crippen LogP contribution in [0.15, 0.2) is 66.7 Å². The van der Waals surface area contributed by atoms with Gasteiger partial charge in [-0.15, -0.1) is 0 Å². The number of ketones is 1.